The molecule has 0 aliphatic carbocycles. The quantitative estimate of drug-likeness (QED) is 0.570. The van der Waals surface area contributed by atoms with Gasteiger partial charge in [-0.2, -0.15) is 0 Å². The summed E-state index contributed by atoms with van der Waals surface area (Å²) in [5.74, 6) is 1.40. The Bertz CT molecular complexity index is 840. The predicted molar refractivity (Wildman–Crippen MR) is 82.8 cm³/mol. The highest BCUT2D eigenvalue weighted by atomic mass is 32.2. The largest absolute Gasteiger partial charge is 0.396 e. The van der Waals surface area contributed by atoms with E-state index >= 15 is 0 Å². The van der Waals surface area contributed by atoms with E-state index in [2.05, 4.69) is 10.2 Å². The van der Waals surface area contributed by atoms with Crippen LogP contribution in [0.1, 0.15) is 12.8 Å². The molecule has 0 aliphatic heterocycles. The van der Waals surface area contributed by atoms with Gasteiger partial charge in [-0.15, -0.1) is 10.2 Å². The van der Waals surface area contributed by atoms with Crippen LogP contribution < -0.4 is 5.56 Å². The van der Waals surface area contributed by atoms with Crippen LogP contribution in [0.5, 0.6) is 0 Å². The summed E-state index contributed by atoms with van der Waals surface area (Å²) in [6, 6.07) is 7.48. The monoisotopic (exact) mass is 304 g/mol. The fraction of sp³-hybridized carbons (Fsp3) is 0.357. The number of hydrogen-bond acceptors (Lipinski definition) is 5. The zero-order valence-electron chi connectivity index (χ0n) is 11.7. The van der Waals surface area contributed by atoms with E-state index in [4.69, 9.17) is 5.11 Å². The van der Waals surface area contributed by atoms with Crippen molar-refractivity contribution in [1.82, 2.24) is 19.2 Å². The first kappa shape index (κ1) is 14.1. The summed E-state index contributed by atoms with van der Waals surface area (Å²) in [7, 11) is 1.71. The Morgan fingerprint density at radius 2 is 2.05 bits per heavy atom. The molecule has 21 heavy (non-hydrogen) atoms. The molecule has 0 atom stereocenters. The molecule has 0 saturated heterocycles. The van der Waals surface area contributed by atoms with E-state index < -0.39 is 0 Å². The lowest BCUT2D eigenvalue weighted by Gasteiger charge is -2.07. The number of thioether (sulfide) groups is 1. The third-order valence-corrected chi connectivity index (χ3v) is 4.40. The van der Waals surface area contributed by atoms with Gasteiger partial charge in [-0.05, 0) is 25.0 Å². The molecule has 1 aromatic carbocycles. The van der Waals surface area contributed by atoms with Gasteiger partial charge in [0.05, 0.1) is 10.9 Å². The second kappa shape index (κ2) is 5.87. The Morgan fingerprint density at radius 1 is 1.24 bits per heavy atom. The van der Waals surface area contributed by atoms with Gasteiger partial charge in [0, 0.05) is 19.4 Å². The first-order chi connectivity index (χ1) is 10.2. The van der Waals surface area contributed by atoms with Crippen LogP contribution in [0.2, 0.25) is 0 Å². The Morgan fingerprint density at radius 3 is 2.86 bits per heavy atom. The number of fused-ring (bicyclic) bond motifs is 3. The van der Waals surface area contributed by atoms with E-state index in [-0.39, 0.29) is 12.2 Å². The average molecular weight is 304 g/mol. The zero-order chi connectivity index (χ0) is 14.8. The SMILES string of the molecule is Cn1c(=O)c2ccccc2n2c(SCCCCO)nnc12. The van der Waals surface area contributed by atoms with Crippen LogP contribution in [0.4, 0.5) is 0 Å². The van der Waals surface area contributed by atoms with Gasteiger partial charge in [0.1, 0.15) is 0 Å². The number of benzene rings is 1. The molecule has 3 rings (SSSR count). The highest BCUT2D eigenvalue weighted by molar-refractivity contribution is 7.99. The molecule has 0 unspecified atom stereocenters. The number of aromatic nitrogens is 4. The zero-order valence-corrected chi connectivity index (χ0v) is 12.5. The lowest BCUT2D eigenvalue weighted by atomic mass is 10.2. The van der Waals surface area contributed by atoms with Gasteiger partial charge in [0.25, 0.3) is 5.56 Å². The van der Waals surface area contributed by atoms with Crippen molar-refractivity contribution in [2.45, 2.75) is 18.0 Å². The molecule has 110 valence electrons. The normalized spacial score (nSPS) is 11.5. The molecule has 0 amide bonds. The Balaban J connectivity index is 2.13. The Kier molecular flexibility index (Phi) is 3.94. The number of para-hydroxylation sites is 1. The van der Waals surface area contributed by atoms with Gasteiger partial charge < -0.3 is 5.11 Å². The molecule has 0 bridgehead atoms. The number of unbranched alkanes of at least 4 members (excludes halogenated alkanes) is 1. The van der Waals surface area contributed by atoms with E-state index in [1.165, 1.54) is 4.57 Å². The van der Waals surface area contributed by atoms with Crippen LogP contribution in [0.3, 0.4) is 0 Å². The van der Waals surface area contributed by atoms with Crippen molar-refractivity contribution in [2.75, 3.05) is 12.4 Å². The number of aliphatic hydroxyl groups is 1. The fourth-order valence-electron chi connectivity index (χ4n) is 2.28. The van der Waals surface area contributed by atoms with Crippen LogP contribution in [0.25, 0.3) is 16.7 Å². The lowest BCUT2D eigenvalue weighted by molar-refractivity contribution is 0.287. The van der Waals surface area contributed by atoms with Crippen molar-refractivity contribution in [3.05, 3.63) is 34.6 Å². The van der Waals surface area contributed by atoms with E-state index in [1.54, 1.807) is 18.8 Å². The van der Waals surface area contributed by atoms with Crippen LogP contribution in [-0.2, 0) is 7.05 Å². The topological polar surface area (TPSA) is 72.4 Å². The van der Waals surface area contributed by atoms with Crippen LogP contribution in [-0.4, -0.2) is 36.6 Å². The maximum Gasteiger partial charge on any atom is 0.262 e. The van der Waals surface area contributed by atoms with Gasteiger partial charge in [-0.1, -0.05) is 23.9 Å². The fourth-order valence-corrected chi connectivity index (χ4v) is 3.22. The molecular formula is C14H16N4O2S. The summed E-state index contributed by atoms with van der Waals surface area (Å²) < 4.78 is 3.44. The van der Waals surface area contributed by atoms with Gasteiger partial charge in [0.2, 0.25) is 5.78 Å². The smallest absolute Gasteiger partial charge is 0.262 e. The van der Waals surface area contributed by atoms with Crippen molar-refractivity contribution < 1.29 is 5.11 Å². The van der Waals surface area contributed by atoms with Crippen molar-refractivity contribution in [3.8, 4) is 0 Å². The predicted octanol–water partition coefficient (Wildman–Crippen LogP) is 1.45. The second-order valence-electron chi connectivity index (χ2n) is 4.78. The number of hydrogen-bond donors (Lipinski definition) is 1. The van der Waals surface area contributed by atoms with Crippen molar-refractivity contribution in [1.29, 1.82) is 0 Å². The number of rotatable bonds is 5. The lowest BCUT2D eigenvalue weighted by Crippen LogP contribution is -2.20. The summed E-state index contributed by atoms with van der Waals surface area (Å²) in [5.41, 5.74) is 0.757. The first-order valence-corrected chi connectivity index (χ1v) is 7.79. The van der Waals surface area contributed by atoms with Crippen molar-refractivity contribution in [3.63, 3.8) is 0 Å². The maximum absolute atomic E-state index is 12.3. The van der Waals surface area contributed by atoms with Crippen LogP contribution in [0, 0.1) is 0 Å². The minimum Gasteiger partial charge on any atom is -0.396 e. The minimum atomic E-state index is -0.0673. The molecule has 6 nitrogen and oxygen atoms in total. The van der Waals surface area contributed by atoms with Gasteiger partial charge >= 0.3 is 0 Å². The van der Waals surface area contributed by atoms with E-state index in [1.807, 2.05) is 28.7 Å². The van der Waals surface area contributed by atoms with E-state index in [0.717, 1.165) is 29.3 Å². The standard InChI is InChI=1S/C14H16N4O2S/c1-17-12(20)10-6-2-3-7-11(10)18-13(17)15-16-14(18)21-9-5-4-8-19/h2-3,6-7,19H,4-5,8-9H2,1H3. The highest BCUT2D eigenvalue weighted by Crippen LogP contribution is 2.21. The van der Waals surface area contributed by atoms with Crippen molar-refractivity contribution in [2.24, 2.45) is 7.05 Å². The van der Waals surface area contributed by atoms with Crippen LogP contribution in [0.15, 0.2) is 34.2 Å². The third kappa shape index (κ3) is 2.43. The summed E-state index contributed by atoms with van der Waals surface area (Å²) in [6.07, 6.45) is 1.70. The number of aryl methyl sites for hydroxylation is 1. The molecule has 1 N–H and O–H groups in total. The van der Waals surface area contributed by atoms with Crippen molar-refractivity contribution >= 4 is 28.4 Å². The summed E-state index contributed by atoms with van der Waals surface area (Å²) in [6.45, 7) is 0.207. The molecule has 2 heterocycles. The second-order valence-corrected chi connectivity index (χ2v) is 5.84. The molecule has 0 spiro atoms. The molecule has 0 radical (unpaired) electrons. The summed E-state index contributed by atoms with van der Waals surface area (Å²) >= 11 is 1.59. The van der Waals surface area contributed by atoms with Gasteiger partial charge in [-0.3, -0.25) is 13.8 Å². The Hall–Kier alpha value is -1.86. The van der Waals surface area contributed by atoms with Gasteiger partial charge in [-0.25, -0.2) is 0 Å². The molecule has 0 aliphatic rings. The molecule has 7 heteroatoms. The first-order valence-electron chi connectivity index (χ1n) is 6.80. The summed E-state index contributed by atoms with van der Waals surface area (Å²) in [4.78, 5) is 12.3. The molecular weight excluding hydrogens is 288 g/mol. The third-order valence-electron chi connectivity index (χ3n) is 3.38. The number of nitrogens with zero attached hydrogens (tertiary/aromatic N) is 4. The molecule has 0 fully saturated rings. The maximum atomic E-state index is 12.3. The average Bonchev–Trinajstić information content (AvgIpc) is 2.93. The number of aliphatic hydroxyl groups excluding tert-OH is 1. The van der Waals surface area contributed by atoms with E-state index in [0.29, 0.717) is 11.2 Å². The summed E-state index contributed by atoms with van der Waals surface area (Å²) in [5, 5.41) is 18.6. The molecule has 3 aromatic rings. The van der Waals surface area contributed by atoms with Gasteiger partial charge in [0.15, 0.2) is 5.16 Å². The molecule has 2 aromatic heterocycles. The van der Waals surface area contributed by atoms with E-state index in [9.17, 15) is 4.79 Å². The Labute approximate surface area is 125 Å². The highest BCUT2D eigenvalue weighted by Gasteiger charge is 2.14. The molecule has 0 saturated carbocycles. The van der Waals surface area contributed by atoms with Crippen LogP contribution >= 0.6 is 11.8 Å². The minimum absolute atomic E-state index is 0.0673.